The van der Waals surface area contributed by atoms with Crippen molar-refractivity contribution in [3.05, 3.63) is 29.3 Å². The Morgan fingerprint density at radius 1 is 1.50 bits per heavy atom. The average Bonchev–Trinajstić information content (AvgIpc) is 2.17. The Balaban J connectivity index is 0.00000169. The lowest BCUT2D eigenvalue weighted by molar-refractivity contribution is 0.0600. The molecule has 0 amide bonds. The van der Waals surface area contributed by atoms with E-state index in [1.807, 2.05) is 6.92 Å². The summed E-state index contributed by atoms with van der Waals surface area (Å²) in [7, 11) is 1.35. The van der Waals surface area contributed by atoms with Gasteiger partial charge in [0.1, 0.15) is 0 Å². The quantitative estimate of drug-likeness (QED) is 0.447. The lowest BCUT2D eigenvalue weighted by Gasteiger charge is -2.06. The molecule has 0 radical (unpaired) electrons. The normalized spacial score (nSPS) is 8.79. The smallest absolute Gasteiger partial charge is 0.338 e. The first-order valence-electron chi connectivity index (χ1n) is 3.84. The third-order valence-electron chi connectivity index (χ3n) is 1.81. The number of esters is 1. The van der Waals surface area contributed by atoms with Crippen molar-refractivity contribution in [2.45, 2.75) is 6.92 Å². The number of rotatable bonds is 2. The number of halogens is 1. The van der Waals surface area contributed by atoms with Crippen LogP contribution >= 0.6 is 12.4 Å². The molecular weight excluding hydrogens is 204 g/mol. The molecule has 0 spiro atoms. The second kappa shape index (κ2) is 5.47. The molecule has 0 bridgehead atoms. The van der Waals surface area contributed by atoms with Gasteiger partial charge in [-0.25, -0.2) is 4.79 Å². The SMILES string of the molecule is COC(=O)c1cc(NN)ccc1C.Cl. The van der Waals surface area contributed by atoms with E-state index >= 15 is 0 Å². The van der Waals surface area contributed by atoms with E-state index in [-0.39, 0.29) is 18.4 Å². The Labute approximate surface area is 88.8 Å². The lowest BCUT2D eigenvalue weighted by atomic mass is 10.1. The number of carbonyl (C=O) groups excluding carboxylic acids is 1. The molecule has 5 heteroatoms. The molecule has 0 atom stereocenters. The molecule has 0 aliphatic rings. The molecule has 1 aromatic carbocycles. The number of aryl methyl sites for hydroxylation is 1. The molecule has 1 aromatic rings. The Morgan fingerprint density at radius 2 is 2.14 bits per heavy atom. The molecule has 0 heterocycles. The van der Waals surface area contributed by atoms with E-state index in [9.17, 15) is 4.79 Å². The van der Waals surface area contributed by atoms with Crippen LogP contribution in [0.1, 0.15) is 15.9 Å². The van der Waals surface area contributed by atoms with Crippen LogP contribution in [-0.2, 0) is 4.74 Å². The van der Waals surface area contributed by atoms with E-state index in [1.54, 1.807) is 18.2 Å². The number of carbonyl (C=O) groups is 1. The van der Waals surface area contributed by atoms with Gasteiger partial charge in [-0.15, -0.1) is 12.4 Å². The summed E-state index contributed by atoms with van der Waals surface area (Å²) in [5.74, 6) is 4.86. The number of hydrogen-bond donors (Lipinski definition) is 2. The van der Waals surface area contributed by atoms with Gasteiger partial charge in [-0.3, -0.25) is 5.84 Å². The van der Waals surface area contributed by atoms with Crippen molar-refractivity contribution in [3.63, 3.8) is 0 Å². The molecule has 4 nitrogen and oxygen atoms in total. The van der Waals surface area contributed by atoms with Crippen LogP contribution in [0.25, 0.3) is 0 Å². The monoisotopic (exact) mass is 216 g/mol. The number of hydrogen-bond acceptors (Lipinski definition) is 4. The zero-order valence-electron chi connectivity index (χ0n) is 8.03. The molecule has 0 fully saturated rings. The predicted molar refractivity (Wildman–Crippen MR) is 57.6 cm³/mol. The lowest BCUT2D eigenvalue weighted by Crippen LogP contribution is -2.09. The highest BCUT2D eigenvalue weighted by Gasteiger charge is 2.08. The minimum atomic E-state index is -0.352. The molecule has 0 aliphatic heterocycles. The van der Waals surface area contributed by atoms with Gasteiger partial charge in [0.05, 0.1) is 12.7 Å². The first-order chi connectivity index (χ1) is 6.19. The zero-order valence-corrected chi connectivity index (χ0v) is 8.85. The van der Waals surface area contributed by atoms with E-state index in [2.05, 4.69) is 10.2 Å². The highest BCUT2D eigenvalue weighted by atomic mass is 35.5. The first kappa shape index (κ1) is 12.7. The molecule has 0 unspecified atom stereocenters. The Morgan fingerprint density at radius 3 is 2.64 bits per heavy atom. The molecule has 3 N–H and O–H groups in total. The second-order valence-electron chi connectivity index (χ2n) is 2.67. The number of methoxy groups -OCH3 is 1. The fourth-order valence-corrected chi connectivity index (χ4v) is 1.04. The number of nitrogen functional groups attached to an aromatic ring is 1. The molecule has 0 aliphatic carbocycles. The summed E-state index contributed by atoms with van der Waals surface area (Å²) in [6.07, 6.45) is 0. The highest BCUT2D eigenvalue weighted by molar-refractivity contribution is 5.92. The fourth-order valence-electron chi connectivity index (χ4n) is 1.04. The predicted octanol–water partition coefficient (Wildman–Crippen LogP) is 1.49. The van der Waals surface area contributed by atoms with Crippen LogP contribution in [0.4, 0.5) is 5.69 Å². The Bertz CT molecular complexity index is 329. The molecule has 14 heavy (non-hydrogen) atoms. The maximum Gasteiger partial charge on any atom is 0.338 e. The van der Waals surface area contributed by atoms with Gasteiger partial charge in [0.15, 0.2) is 0 Å². The van der Waals surface area contributed by atoms with Crippen molar-refractivity contribution in [2.24, 2.45) is 5.84 Å². The number of ether oxygens (including phenoxy) is 1. The molecule has 0 aromatic heterocycles. The van der Waals surface area contributed by atoms with Crippen molar-refractivity contribution in [2.75, 3.05) is 12.5 Å². The van der Waals surface area contributed by atoms with Gasteiger partial charge >= 0.3 is 5.97 Å². The zero-order chi connectivity index (χ0) is 9.84. The summed E-state index contributed by atoms with van der Waals surface area (Å²) < 4.78 is 4.61. The van der Waals surface area contributed by atoms with Crippen LogP contribution in [0.5, 0.6) is 0 Å². The van der Waals surface area contributed by atoms with E-state index < -0.39 is 0 Å². The van der Waals surface area contributed by atoms with Crippen LogP contribution in [-0.4, -0.2) is 13.1 Å². The fraction of sp³-hybridized carbons (Fsp3) is 0.222. The van der Waals surface area contributed by atoms with E-state index in [0.29, 0.717) is 11.3 Å². The maximum atomic E-state index is 11.2. The summed E-state index contributed by atoms with van der Waals surface area (Å²) >= 11 is 0. The summed E-state index contributed by atoms with van der Waals surface area (Å²) in [5, 5.41) is 0. The molecule has 0 saturated carbocycles. The Kier molecular flexibility index (Phi) is 4.97. The summed E-state index contributed by atoms with van der Waals surface area (Å²) in [5.41, 5.74) is 4.54. The second-order valence-corrected chi connectivity index (χ2v) is 2.67. The number of nitrogens with one attached hydrogen (secondary N) is 1. The molecular formula is C9H13ClN2O2. The van der Waals surface area contributed by atoms with Crippen molar-refractivity contribution in [1.82, 2.24) is 0 Å². The van der Waals surface area contributed by atoms with Crippen LogP contribution in [0.15, 0.2) is 18.2 Å². The number of hydrazine groups is 1. The minimum absolute atomic E-state index is 0. The van der Waals surface area contributed by atoms with Gasteiger partial charge in [-0.05, 0) is 24.6 Å². The van der Waals surface area contributed by atoms with E-state index in [0.717, 1.165) is 5.56 Å². The summed E-state index contributed by atoms with van der Waals surface area (Å²) in [6.45, 7) is 1.84. The third-order valence-corrected chi connectivity index (χ3v) is 1.81. The summed E-state index contributed by atoms with van der Waals surface area (Å²) in [6, 6.07) is 5.25. The third kappa shape index (κ3) is 2.61. The van der Waals surface area contributed by atoms with E-state index in [1.165, 1.54) is 7.11 Å². The highest BCUT2D eigenvalue weighted by Crippen LogP contribution is 2.14. The van der Waals surface area contributed by atoms with Gasteiger partial charge in [0.25, 0.3) is 0 Å². The first-order valence-corrected chi connectivity index (χ1v) is 3.84. The van der Waals surface area contributed by atoms with Gasteiger partial charge in [-0.1, -0.05) is 6.07 Å². The van der Waals surface area contributed by atoms with Gasteiger partial charge in [0, 0.05) is 5.69 Å². The molecule has 1 rings (SSSR count). The minimum Gasteiger partial charge on any atom is -0.465 e. The van der Waals surface area contributed by atoms with Crippen molar-refractivity contribution in [1.29, 1.82) is 0 Å². The molecule has 0 saturated heterocycles. The number of anilines is 1. The topological polar surface area (TPSA) is 64.3 Å². The van der Waals surface area contributed by atoms with Crippen LogP contribution < -0.4 is 11.3 Å². The standard InChI is InChI=1S/C9H12N2O2.ClH/c1-6-3-4-7(11-10)5-8(6)9(12)13-2;/h3-5,11H,10H2,1-2H3;1H. The van der Waals surface area contributed by atoms with Crippen LogP contribution in [0, 0.1) is 6.92 Å². The van der Waals surface area contributed by atoms with Crippen molar-refractivity contribution >= 4 is 24.1 Å². The van der Waals surface area contributed by atoms with E-state index in [4.69, 9.17) is 5.84 Å². The largest absolute Gasteiger partial charge is 0.465 e. The van der Waals surface area contributed by atoms with Gasteiger partial charge in [0.2, 0.25) is 0 Å². The van der Waals surface area contributed by atoms with Crippen LogP contribution in [0.2, 0.25) is 0 Å². The van der Waals surface area contributed by atoms with Crippen LogP contribution in [0.3, 0.4) is 0 Å². The van der Waals surface area contributed by atoms with Crippen molar-refractivity contribution in [3.8, 4) is 0 Å². The van der Waals surface area contributed by atoms with Gasteiger partial charge in [-0.2, -0.15) is 0 Å². The maximum absolute atomic E-state index is 11.2. The number of nitrogens with two attached hydrogens (primary N) is 1. The van der Waals surface area contributed by atoms with Crippen molar-refractivity contribution < 1.29 is 9.53 Å². The summed E-state index contributed by atoms with van der Waals surface area (Å²) in [4.78, 5) is 11.2. The average molecular weight is 217 g/mol. The Hall–Kier alpha value is -1.26. The number of benzene rings is 1. The molecule has 78 valence electrons. The van der Waals surface area contributed by atoms with Gasteiger partial charge < -0.3 is 10.2 Å².